The van der Waals surface area contributed by atoms with Gasteiger partial charge in [0.15, 0.2) is 0 Å². The van der Waals surface area contributed by atoms with Crippen LogP contribution in [-0.2, 0) is 19.5 Å². The first-order valence-electron chi connectivity index (χ1n) is 10.5. The highest BCUT2D eigenvalue weighted by molar-refractivity contribution is 5.99. The van der Waals surface area contributed by atoms with Gasteiger partial charge in [0, 0.05) is 38.1 Å². The maximum absolute atomic E-state index is 14.2. The fourth-order valence-corrected chi connectivity index (χ4v) is 3.47. The van der Waals surface area contributed by atoms with E-state index in [0.29, 0.717) is 13.0 Å². The predicted molar refractivity (Wildman–Crippen MR) is 121 cm³/mol. The number of pyridine rings is 1. The summed E-state index contributed by atoms with van der Waals surface area (Å²) in [5, 5.41) is 4.79. The minimum absolute atomic E-state index is 0.183. The molecular weight excluding hydrogens is 428 g/mol. The van der Waals surface area contributed by atoms with Crippen LogP contribution in [0.4, 0.5) is 8.78 Å². The van der Waals surface area contributed by atoms with Crippen LogP contribution in [0, 0.1) is 18.6 Å². The lowest BCUT2D eigenvalue weighted by molar-refractivity contribution is 0.0948. The Bertz CT molecular complexity index is 1220. The van der Waals surface area contributed by atoms with Gasteiger partial charge in [-0.25, -0.2) is 8.78 Å². The molecule has 0 saturated carbocycles. The van der Waals surface area contributed by atoms with Crippen molar-refractivity contribution in [1.82, 2.24) is 15.2 Å². The zero-order valence-corrected chi connectivity index (χ0v) is 18.5. The van der Waals surface area contributed by atoms with Gasteiger partial charge >= 0.3 is 0 Å². The first-order valence-corrected chi connectivity index (χ1v) is 10.5. The van der Waals surface area contributed by atoms with Crippen molar-refractivity contribution in [2.45, 2.75) is 32.9 Å². The van der Waals surface area contributed by atoms with Crippen molar-refractivity contribution in [3.8, 4) is 0 Å². The lowest BCUT2D eigenvalue weighted by Crippen LogP contribution is -2.34. The normalized spacial score (nSPS) is 10.7. The van der Waals surface area contributed by atoms with Gasteiger partial charge in [0.2, 0.25) is 5.43 Å². The van der Waals surface area contributed by atoms with Gasteiger partial charge < -0.3 is 15.2 Å². The Morgan fingerprint density at radius 1 is 0.970 bits per heavy atom. The molecule has 172 valence electrons. The zero-order chi connectivity index (χ0) is 24.0. The topological polar surface area (TPSA) is 80.2 Å². The highest BCUT2D eigenvalue weighted by atomic mass is 19.1. The first-order chi connectivity index (χ1) is 15.8. The van der Waals surface area contributed by atoms with Crippen molar-refractivity contribution in [2.75, 3.05) is 7.05 Å². The number of aryl methyl sites for hydroxylation is 3. The molecule has 0 atom stereocenters. The molecule has 0 aliphatic heterocycles. The van der Waals surface area contributed by atoms with Crippen LogP contribution in [-0.4, -0.2) is 23.4 Å². The van der Waals surface area contributed by atoms with Gasteiger partial charge in [-0.05, 0) is 37.0 Å². The lowest BCUT2D eigenvalue weighted by Gasteiger charge is -2.13. The average Bonchev–Trinajstić information content (AvgIpc) is 2.82. The van der Waals surface area contributed by atoms with E-state index in [4.69, 9.17) is 0 Å². The summed E-state index contributed by atoms with van der Waals surface area (Å²) in [5.74, 6) is -2.99. The predicted octanol–water partition coefficient (Wildman–Crippen LogP) is 3.36. The van der Waals surface area contributed by atoms with Crippen LogP contribution in [0.3, 0.4) is 0 Å². The summed E-state index contributed by atoms with van der Waals surface area (Å²) >= 11 is 0. The summed E-state index contributed by atoms with van der Waals surface area (Å²) in [6.45, 7) is 1.51. The largest absolute Gasteiger partial charge is 0.355 e. The summed E-state index contributed by atoms with van der Waals surface area (Å²) in [4.78, 5) is 37.7. The zero-order valence-electron chi connectivity index (χ0n) is 18.5. The summed E-state index contributed by atoms with van der Waals surface area (Å²) < 4.78 is 29.9. The highest BCUT2D eigenvalue weighted by Crippen LogP contribution is 2.16. The molecule has 3 rings (SSSR count). The Kier molecular flexibility index (Phi) is 7.71. The minimum Gasteiger partial charge on any atom is -0.355 e. The molecule has 1 heterocycles. The molecule has 8 heteroatoms. The van der Waals surface area contributed by atoms with E-state index < -0.39 is 35.4 Å². The number of carbonyl (C=O) groups is 2. The van der Waals surface area contributed by atoms with Crippen LogP contribution < -0.4 is 16.1 Å². The summed E-state index contributed by atoms with van der Waals surface area (Å²) in [6, 6.07) is 12.2. The van der Waals surface area contributed by atoms with Crippen LogP contribution in [0.5, 0.6) is 0 Å². The van der Waals surface area contributed by atoms with Crippen LogP contribution in [0.25, 0.3) is 0 Å². The molecule has 1 aromatic heterocycles. The maximum atomic E-state index is 14.2. The average molecular weight is 453 g/mol. The number of nitrogens with zero attached hydrogens (tertiary/aromatic N) is 1. The third-order valence-corrected chi connectivity index (χ3v) is 5.32. The van der Waals surface area contributed by atoms with Crippen molar-refractivity contribution in [2.24, 2.45) is 0 Å². The molecule has 3 aromatic rings. The van der Waals surface area contributed by atoms with Crippen LogP contribution in [0.15, 0.2) is 59.7 Å². The first kappa shape index (κ1) is 23.8. The van der Waals surface area contributed by atoms with E-state index in [9.17, 15) is 23.2 Å². The Hall–Kier alpha value is -3.81. The van der Waals surface area contributed by atoms with E-state index in [1.54, 1.807) is 4.57 Å². The molecule has 2 N–H and O–H groups in total. The molecule has 0 unspecified atom stereocenters. The number of rotatable bonds is 8. The van der Waals surface area contributed by atoms with Gasteiger partial charge in [-0.15, -0.1) is 0 Å². The molecule has 0 bridgehead atoms. The van der Waals surface area contributed by atoms with E-state index in [1.807, 2.05) is 30.3 Å². The van der Waals surface area contributed by atoms with Crippen LogP contribution in [0.2, 0.25) is 0 Å². The molecule has 0 aliphatic rings. The van der Waals surface area contributed by atoms with Gasteiger partial charge in [-0.1, -0.05) is 36.4 Å². The Labute approximate surface area is 190 Å². The lowest BCUT2D eigenvalue weighted by atomic mass is 10.1. The van der Waals surface area contributed by atoms with E-state index in [2.05, 4.69) is 10.6 Å². The van der Waals surface area contributed by atoms with Gasteiger partial charge in [0.1, 0.15) is 22.8 Å². The third-order valence-electron chi connectivity index (χ3n) is 5.32. The van der Waals surface area contributed by atoms with Crippen LogP contribution in [0.1, 0.15) is 43.8 Å². The summed E-state index contributed by atoms with van der Waals surface area (Å²) in [5.41, 5.74) is -0.124. The van der Waals surface area contributed by atoms with E-state index in [0.717, 1.165) is 18.1 Å². The van der Waals surface area contributed by atoms with Crippen molar-refractivity contribution in [3.05, 3.63) is 105 Å². The van der Waals surface area contributed by atoms with E-state index >= 15 is 0 Å². The molecule has 2 amide bonds. The third kappa shape index (κ3) is 5.71. The molecule has 0 aliphatic carbocycles. The number of hydrogen-bond donors (Lipinski definition) is 2. The molecule has 2 aromatic carbocycles. The van der Waals surface area contributed by atoms with Crippen LogP contribution >= 0.6 is 0 Å². The Balaban J connectivity index is 1.82. The SMILES string of the molecule is CNC(=O)c1cn(CCCc2ccccc2)cc(C(=O)NCc2c(F)ccc(C)c2F)c1=O. The second-order valence-electron chi connectivity index (χ2n) is 7.66. The quantitative estimate of drug-likeness (QED) is 0.549. The van der Waals surface area contributed by atoms with Crippen molar-refractivity contribution in [3.63, 3.8) is 0 Å². The number of hydrogen-bond acceptors (Lipinski definition) is 3. The number of amides is 2. The fourth-order valence-electron chi connectivity index (χ4n) is 3.47. The van der Waals surface area contributed by atoms with E-state index in [-0.39, 0.29) is 22.3 Å². The molecule has 33 heavy (non-hydrogen) atoms. The number of nitrogens with one attached hydrogen (secondary N) is 2. The molecule has 6 nitrogen and oxygen atoms in total. The molecule has 0 saturated heterocycles. The molecule has 0 radical (unpaired) electrons. The monoisotopic (exact) mass is 453 g/mol. The summed E-state index contributed by atoms with van der Waals surface area (Å²) in [6.07, 6.45) is 4.25. The molecule has 0 spiro atoms. The standard InChI is InChI=1S/C25H25F2N3O3/c1-16-10-11-21(26)18(22(16)27)13-29-25(33)20-15-30(14-19(23(20)31)24(32)28-2)12-6-9-17-7-4-3-5-8-17/h3-5,7-8,10-11,14-15H,6,9,12-13H2,1-2H3,(H,28,32)(H,29,33). The number of benzene rings is 2. The van der Waals surface area contributed by atoms with Gasteiger partial charge in [0.25, 0.3) is 11.8 Å². The van der Waals surface area contributed by atoms with E-state index in [1.165, 1.54) is 32.4 Å². The second-order valence-corrected chi connectivity index (χ2v) is 7.66. The van der Waals surface area contributed by atoms with Gasteiger partial charge in [-0.3, -0.25) is 14.4 Å². The van der Waals surface area contributed by atoms with Crippen molar-refractivity contribution in [1.29, 1.82) is 0 Å². The second kappa shape index (κ2) is 10.7. The Morgan fingerprint density at radius 3 is 2.30 bits per heavy atom. The number of halogens is 2. The summed E-state index contributed by atoms with van der Waals surface area (Å²) in [7, 11) is 1.39. The van der Waals surface area contributed by atoms with Gasteiger partial charge in [0.05, 0.1) is 0 Å². The number of carbonyl (C=O) groups excluding carboxylic acids is 2. The van der Waals surface area contributed by atoms with Gasteiger partial charge in [-0.2, -0.15) is 0 Å². The van der Waals surface area contributed by atoms with Crippen molar-refractivity contribution >= 4 is 11.8 Å². The molecular formula is C25H25F2N3O3. The smallest absolute Gasteiger partial charge is 0.257 e. The molecule has 0 fully saturated rings. The fraction of sp³-hybridized carbons (Fsp3) is 0.240. The van der Waals surface area contributed by atoms with Crippen molar-refractivity contribution < 1.29 is 18.4 Å². The maximum Gasteiger partial charge on any atom is 0.257 e. The Morgan fingerprint density at radius 2 is 1.64 bits per heavy atom. The number of aromatic nitrogens is 1. The highest BCUT2D eigenvalue weighted by Gasteiger charge is 2.20. The minimum atomic E-state index is -0.817.